The summed E-state index contributed by atoms with van der Waals surface area (Å²) in [6.07, 6.45) is 0. The van der Waals surface area contributed by atoms with Crippen LogP contribution in [-0.2, 0) is 0 Å². The minimum Gasteiger partial charge on any atom is -0.434 e. The molecule has 1 aromatic carbocycles. The number of alkyl halides is 2. The Balaban J connectivity index is 2.41. The first kappa shape index (κ1) is 13.3. The van der Waals surface area contributed by atoms with E-state index in [1.54, 1.807) is 25.1 Å². The third-order valence-electron chi connectivity index (χ3n) is 2.83. The number of nitrogens with two attached hydrogens (primary N) is 1. The molecule has 0 saturated carbocycles. The number of hydrogen-bond donors (Lipinski definition) is 1. The van der Waals surface area contributed by atoms with Gasteiger partial charge in [0.2, 0.25) is 0 Å². The molecule has 19 heavy (non-hydrogen) atoms. The predicted octanol–water partition coefficient (Wildman–Crippen LogP) is 2.14. The number of halogens is 2. The van der Waals surface area contributed by atoms with E-state index in [2.05, 4.69) is 9.73 Å². The van der Waals surface area contributed by atoms with Gasteiger partial charge in [-0.25, -0.2) is 4.79 Å². The van der Waals surface area contributed by atoms with Gasteiger partial charge in [-0.1, -0.05) is 18.2 Å². The van der Waals surface area contributed by atoms with Crippen LogP contribution in [0.3, 0.4) is 0 Å². The van der Waals surface area contributed by atoms with Crippen molar-refractivity contribution in [2.24, 2.45) is 10.7 Å². The van der Waals surface area contributed by atoms with Crippen molar-refractivity contribution in [1.29, 1.82) is 0 Å². The van der Waals surface area contributed by atoms with Gasteiger partial charge in [-0.05, 0) is 13.0 Å². The highest BCUT2D eigenvalue weighted by molar-refractivity contribution is 6.03. The van der Waals surface area contributed by atoms with Crippen LogP contribution in [0.5, 0.6) is 5.75 Å². The number of benzene rings is 1. The van der Waals surface area contributed by atoms with E-state index in [0.29, 0.717) is 12.1 Å². The van der Waals surface area contributed by atoms with Gasteiger partial charge in [0.05, 0.1) is 0 Å². The lowest BCUT2D eigenvalue weighted by molar-refractivity contribution is -0.0507. The van der Waals surface area contributed by atoms with Gasteiger partial charge >= 0.3 is 12.6 Å². The summed E-state index contributed by atoms with van der Waals surface area (Å²) >= 11 is 0. The topological polar surface area (TPSA) is 67.9 Å². The lowest BCUT2D eigenvalue weighted by Gasteiger charge is -2.24. The van der Waals surface area contributed by atoms with Crippen LogP contribution in [0.1, 0.15) is 18.5 Å². The summed E-state index contributed by atoms with van der Waals surface area (Å²) in [4.78, 5) is 16.7. The van der Waals surface area contributed by atoms with Crippen molar-refractivity contribution in [2.75, 3.05) is 6.54 Å². The second-order valence-electron chi connectivity index (χ2n) is 3.92. The number of likely N-dealkylation sites (N-methyl/N-ethyl adjacent to an activating group) is 1. The normalized spacial score (nSPS) is 18.9. The first-order chi connectivity index (χ1) is 9.04. The van der Waals surface area contributed by atoms with Gasteiger partial charge in [0.25, 0.3) is 0 Å². The number of para-hydroxylation sites is 1. The maximum Gasteiger partial charge on any atom is 0.387 e. The van der Waals surface area contributed by atoms with E-state index >= 15 is 0 Å². The maximum atomic E-state index is 12.4. The van der Waals surface area contributed by atoms with Crippen LogP contribution >= 0.6 is 0 Å². The van der Waals surface area contributed by atoms with E-state index in [4.69, 9.17) is 5.73 Å². The summed E-state index contributed by atoms with van der Waals surface area (Å²) in [5, 5.41) is 0. The van der Waals surface area contributed by atoms with E-state index in [9.17, 15) is 13.6 Å². The van der Waals surface area contributed by atoms with Crippen LogP contribution < -0.4 is 10.5 Å². The molecule has 1 aromatic rings. The lowest BCUT2D eigenvalue weighted by atomic mass is 10.0. The quantitative estimate of drug-likeness (QED) is 0.910. The molecule has 1 unspecified atom stereocenters. The Kier molecular flexibility index (Phi) is 3.64. The van der Waals surface area contributed by atoms with E-state index in [0.717, 1.165) is 0 Å². The molecule has 5 nitrogen and oxygen atoms in total. The Morgan fingerprint density at radius 3 is 2.79 bits per heavy atom. The average molecular weight is 269 g/mol. The van der Waals surface area contributed by atoms with Gasteiger partial charge in [-0.15, -0.1) is 0 Å². The van der Waals surface area contributed by atoms with Crippen molar-refractivity contribution in [3.05, 3.63) is 29.8 Å². The van der Waals surface area contributed by atoms with Gasteiger partial charge in [0, 0.05) is 12.1 Å². The number of aliphatic imine (C=N–C) groups is 1. The molecule has 0 fully saturated rings. The standard InChI is InChI=1S/C12H13F2N3O2/c1-2-17-9(10(15)16-12(17)18)7-5-3-4-6-8(7)19-11(13)14/h3-6,9,11H,2H2,1H3,(H2,15,16,18). The molecular formula is C12H13F2N3O2. The fourth-order valence-corrected chi connectivity index (χ4v) is 2.06. The maximum absolute atomic E-state index is 12.4. The molecule has 0 radical (unpaired) electrons. The smallest absolute Gasteiger partial charge is 0.387 e. The lowest BCUT2D eigenvalue weighted by Crippen LogP contribution is -2.33. The molecule has 0 aromatic heterocycles. The van der Waals surface area contributed by atoms with E-state index in [-0.39, 0.29) is 11.6 Å². The SMILES string of the molecule is CCN1C(=O)N=C(N)C1c1ccccc1OC(F)F. The summed E-state index contributed by atoms with van der Waals surface area (Å²) in [6, 6.07) is 5.10. The van der Waals surface area contributed by atoms with Crippen LogP contribution in [0, 0.1) is 0 Å². The summed E-state index contributed by atoms with van der Waals surface area (Å²) in [7, 11) is 0. The fraction of sp³-hybridized carbons (Fsp3) is 0.333. The number of amides is 2. The summed E-state index contributed by atoms with van der Waals surface area (Å²) in [6.45, 7) is -0.807. The summed E-state index contributed by atoms with van der Waals surface area (Å²) in [5.41, 5.74) is 6.11. The van der Waals surface area contributed by atoms with Crippen LogP contribution in [0.25, 0.3) is 0 Å². The van der Waals surface area contributed by atoms with Gasteiger partial charge < -0.3 is 15.4 Å². The Hall–Kier alpha value is -2.18. The Bertz CT molecular complexity index is 519. The first-order valence-electron chi connectivity index (χ1n) is 5.73. The monoisotopic (exact) mass is 269 g/mol. The van der Waals surface area contributed by atoms with Crippen LogP contribution in [0.15, 0.2) is 29.3 Å². The number of ether oxygens (including phenoxy) is 1. The molecule has 0 aliphatic carbocycles. The molecule has 0 saturated heterocycles. The molecule has 1 aliphatic rings. The van der Waals surface area contributed by atoms with Crippen molar-refractivity contribution >= 4 is 11.9 Å². The van der Waals surface area contributed by atoms with Crippen molar-refractivity contribution in [3.63, 3.8) is 0 Å². The Labute approximate surface area is 108 Å². The van der Waals surface area contributed by atoms with E-state index in [1.807, 2.05) is 0 Å². The Morgan fingerprint density at radius 2 is 2.16 bits per heavy atom. The number of hydrogen-bond acceptors (Lipinski definition) is 3. The number of amidine groups is 1. The van der Waals surface area contributed by atoms with Crippen molar-refractivity contribution in [3.8, 4) is 5.75 Å². The molecule has 1 heterocycles. The predicted molar refractivity (Wildman–Crippen MR) is 65.2 cm³/mol. The molecule has 0 bridgehead atoms. The van der Waals surface area contributed by atoms with Crippen LogP contribution in [0.4, 0.5) is 13.6 Å². The van der Waals surface area contributed by atoms with Crippen LogP contribution in [-0.4, -0.2) is 29.9 Å². The molecular weight excluding hydrogens is 256 g/mol. The third kappa shape index (κ3) is 2.49. The molecule has 102 valence electrons. The number of carbonyl (C=O) groups excluding carboxylic acids is 1. The van der Waals surface area contributed by atoms with E-state index in [1.165, 1.54) is 11.0 Å². The zero-order valence-electron chi connectivity index (χ0n) is 10.2. The minimum absolute atomic E-state index is 0.00574. The van der Waals surface area contributed by atoms with Crippen molar-refractivity contribution in [2.45, 2.75) is 19.6 Å². The summed E-state index contributed by atoms with van der Waals surface area (Å²) < 4.78 is 29.2. The molecule has 0 spiro atoms. The third-order valence-corrected chi connectivity index (χ3v) is 2.83. The molecule has 2 amide bonds. The molecule has 7 heteroatoms. The molecule has 2 rings (SSSR count). The number of rotatable bonds is 4. The largest absolute Gasteiger partial charge is 0.434 e. The molecule has 1 aliphatic heterocycles. The van der Waals surface area contributed by atoms with Gasteiger partial charge in [-0.2, -0.15) is 13.8 Å². The second kappa shape index (κ2) is 5.21. The van der Waals surface area contributed by atoms with Gasteiger partial charge in [0.15, 0.2) is 0 Å². The van der Waals surface area contributed by atoms with Gasteiger partial charge in [0.1, 0.15) is 17.6 Å². The zero-order valence-corrected chi connectivity index (χ0v) is 10.2. The van der Waals surface area contributed by atoms with Crippen molar-refractivity contribution < 1.29 is 18.3 Å². The summed E-state index contributed by atoms with van der Waals surface area (Å²) in [5.74, 6) is 0.0750. The highest BCUT2D eigenvalue weighted by atomic mass is 19.3. The number of carbonyl (C=O) groups is 1. The highest BCUT2D eigenvalue weighted by Crippen LogP contribution is 2.33. The molecule has 2 N–H and O–H groups in total. The first-order valence-corrected chi connectivity index (χ1v) is 5.73. The Morgan fingerprint density at radius 1 is 1.47 bits per heavy atom. The van der Waals surface area contributed by atoms with Gasteiger partial charge in [-0.3, -0.25) is 0 Å². The van der Waals surface area contributed by atoms with E-state index < -0.39 is 18.7 Å². The number of nitrogens with zero attached hydrogens (tertiary/aromatic N) is 2. The number of urea groups is 1. The van der Waals surface area contributed by atoms with Crippen molar-refractivity contribution in [1.82, 2.24) is 4.90 Å². The average Bonchev–Trinajstić information content (AvgIpc) is 2.63. The zero-order chi connectivity index (χ0) is 14.0. The van der Waals surface area contributed by atoms with Crippen LogP contribution in [0.2, 0.25) is 0 Å². The minimum atomic E-state index is -2.94. The highest BCUT2D eigenvalue weighted by Gasteiger charge is 2.35. The fourth-order valence-electron chi connectivity index (χ4n) is 2.06. The second-order valence-corrected chi connectivity index (χ2v) is 3.92. The molecule has 1 atom stereocenters.